The first-order valence-corrected chi connectivity index (χ1v) is 13.4. The molecule has 182 valence electrons. The summed E-state index contributed by atoms with van der Waals surface area (Å²) >= 11 is 0. The summed E-state index contributed by atoms with van der Waals surface area (Å²) in [6.07, 6.45) is 0.454. The lowest BCUT2D eigenvalue weighted by Crippen LogP contribution is -2.54. The Labute approximate surface area is 198 Å². The molecule has 6 nitrogen and oxygen atoms in total. The van der Waals surface area contributed by atoms with E-state index in [2.05, 4.69) is 31.3 Å². The highest BCUT2D eigenvalue weighted by molar-refractivity contribution is 7.91. The van der Waals surface area contributed by atoms with E-state index in [1.165, 1.54) is 5.56 Å². The molecule has 0 aliphatic carbocycles. The van der Waals surface area contributed by atoms with E-state index in [9.17, 15) is 13.5 Å². The van der Waals surface area contributed by atoms with Gasteiger partial charge in [-0.05, 0) is 47.1 Å². The molecule has 2 aromatic carbocycles. The Kier molecular flexibility index (Phi) is 8.93. The highest BCUT2D eigenvalue weighted by atomic mass is 32.2. The van der Waals surface area contributed by atoms with E-state index in [1.54, 1.807) is 14.2 Å². The molecule has 1 saturated heterocycles. The molecule has 0 spiro atoms. The van der Waals surface area contributed by atoms with Crippen LogP contribution < -0.4 is 10.1 Å². The Hall–Kier alpha value is -1.93. The van der Waals surface area contributed by atoms with Crippen LogP contribution in [0.1, 0.15) is 42.0 Å². The van der Waals surface area contributed by atoms with E-state index in [0.717, 1.165) is 22.4 Å². The van der Waals surface area contributed by atoms with Crippen molar-refractivity contribution in [2.45, 2.75) is 51.3 Å². The van der Waals surface area contributed by atoms with E-state index in [4.69, 9.17) is 9.47 Å². The molecule has 33 heavy (non-hydrogen) atoms. The van der Waals surface area contributed by atoms with Crippen molar-refractivity contribution in [2.24, 2.45) is 5.92 Å². The van der Waals surface area contributed by atoms with E-state index >= 15 is 0 Å². The first-order chi connectivity index (χ1) is 15.7. The van der Waals surface area contributed by atoms with Gasteiger partial charge < -0.3 is 19.9 Å². The number of ether oxygens (including phenoxy) is 2. The van der Waals surface area contributed by atoms with Gasteiger partial charge >= 0.3 is 0 Å². The lowest BCUT2D eigenvalue weighted by molar-refractivity contribution is 0.0781. The zero-order valence-corrected chi connectivity index (χ0v) is 20.9. The molecule has 0 aromatic heterocycles. The fourth-order valence-electron chi connectivity index (χ4n) is 4.53. The normalized spacial score (nSPS) is 22.4. The first kappa shape index (κ1) is 25.7. The topological polar surface area (TPSA) is 84.9 Å². The smallest absolute Gasteiger partial charge is 0.152 e. The molecule has 0 unspecified atom stereocenters. The quantitative estimate of drug-likeness (QED) is 0.549. The number of hydrogen-bond donors (Lipinski definition) is 2. The van der Waals surface area contributed by atoms with E-state index in [-0.39, 0.29) is 17.4 Å². The minimum Gasteiger partial charge on any atom is -0.496 e. The van der Waals surface area contributed by atoms with Gasteiger partial charge in [0.25, 0.3) is 0 Å². The van der Waals surface area contributed by atoms with Crippen molar-refractivity contribution in [3.05, 3.63) is 64.7 Å². The van der Waals surface area contributed by atoms with Gasteiger partial charge in [-0.15, -0.1) is 0 Å². The van der Waals surface area contributed by atoms with E-state index < -0.39 is 22.0 Å². The second-order valence-corrected chi connectivity index (χ2v) is 11.5. The van der Waals surface area contributed by atoms with E-state index in [0.29, 0.717) is 31.9 Å². The lowest BCUT2D eigenvalue weighted by atomic mass is 9.90. The number of sulfone groups is 1. The second-order valence-electron chi connectivity index (χ2n) is 9.31. The van der Waals surface area contributed by atoms with Crippen molar-refractivity contribution >= 4 is 9.84 Å². The van der Waals surface area contributed by atoms with Crippen LogP contribution >= 0.6 is 0 Å². The summed E-state index contributed by atoms with van der Waals surface area (Å²) in [5.41, 5.74) is 4.34. The number of benzene rings is 2. The Balaban J connectivity index is 1.72. The summed E-state index contributed by atoms with van der Waals surface area (Å²) in [6.45, 7) is 5.39. The molecule has 2 aromatic rings. The average Bonchev–Trinajstić information content (AvgIpc) is 2.79. The summed E-state index contributed by atoms with van der Waals surface area (Å²) in [6, 6.07) is 13.7. The van der Waals surface area contributed by atoms with Crippen LogP contribution in [0.2, 0.25) is 0 Å². The predicted octanol–water partition coefficient (Wildman–Crippen LogP) is 3.11. The number of methoxy groups -OCH3 is 2. The van der Waals surface area contributed by atoms with Gasteiger partial charge in [0.1, 0.15) is 5.75 Å². The summed E-state index contributed by atoms with van der Waals surface area (Å²) in [5.74, 6) is 0.793. The fourth-order valence-corrected chi connectivity index (χ4v) is 6.50. The van der Waals surface area contributed by atoms with Gasteiger partial charge in [0.05, 0.1) is 31.3 Å². The molecule has 0 bridgehead atoms. The Bertz CT molecular complexity index is 1020. The summed E-state index contributed by atoms with van der Waals surface area (Å²) in [7, 11) is 0.0289. The monoisotopic (exact) mass is 475 g/mol. The molecule has 1 fully saturated rings. The second kappa shape index (κ2) is 11.5. The van der Waals surface area contributed by atoms with E-state index in [1.807, 2.05) is 30.3 Å². The van der Waals surface area contributed by atoms with Gasteiger partial charge in [-0.3, -0.25) is 0 Å². The van der Waals surface area contributed by atoms with Gasteiger partial charge in [-0.2, -0.15) is 0 Å². The van der Waals surface area contributed by atoms with Crippen molar-refractivity contribution in [3.8, 4) is 5.75 Å². The predicted molar refractivity (Wildman–Crippen MR) is 132 cm³/mol. The molecule has 0 amide bonds. The zero-order chi connectivity index (χ0) is 24.0. The number of hydrogen-bond acceptors (Lipinski definition) is 6. The lowest BCUT2D eigenvalue weighted by Gasteiger charge is -2.35. The van der Waals surface area contributed by atoms with Crippen LogP contribution in [0.25, 0.3) is 0 Å². The van der Waals surface area contributed by atoms with Gasteiger partial charge in [-0.1, -0.05) is 50.2 Å². The van der Waals surface area contributed by atoms with Crippen molar-refractivity contribution in [1.29, 1.82) is 0 Å². The number of aliphatic hydroxyl groups is 1. The van der Waals surface area contributed by atoms with Crippen LogP contribution in [-0.2, 0) is 34.0 Å². The van der Waals surface area contributed by atoms with Crippen LogP contribution in [0.3, 0.4) is 0 Å². The highest BCUT2D eigenvalue weighted by Crippen LogP contribution is 2.27. The van der Waals surface area contributed by atoms with Crippen LogP contribution in [-0.4, -0.2) is 58.0 Å². The van der Waals surface area contributed by atoms with Crippen LogP contribution in [0, 0.1) is 5.92 Å². The molecule has 0 saturated carbocycles. The van der Waals surface area contributed by atoms with Crippen molar-refractivity contribution in [1.82, 2.24) is 5.32 Å². The maximum absolute atomic E-state index is 12.7. The first-order valence-electron chi connectivity index (χ1n) is 11.6. The molecular weight excluding hydrogens is 438 g/mol. The molecular formula is C26H37NO5S. The summed E-state index contributed by atoms with van der Waals surface area (Å²) in [4.78, 5) is 0. The fraction of sp³-hybridized carbons (Fsp3) is 0.538. The summed E-state index contributed by atoms with van der Waals surface area (Å²) in [5, 5.41) is 14.4. The SMILES string of the molecule is COCCc1cc(C[C@@H]2CS(=O)(=O)C[C@H](NCc3cccc(C(C)C)c3)[C@H]2O)ccc1OC. The van der Waals surface area contributed by atoms with Gasteiger partial charge in [0.15, 0.2) is 9.84 Å². The average molecular weight is 476 g/mol. The summed E-state index contributed by atoms with van der Waals surface area (Å²) < 4.78 is 36.0. The largest absolute Gasteiger partial charge is 0.496 e. The number of rotatable bonds is 10. The van der Waals surface area contributed by atoms with Crippen LogP contribution in [0.5, 0.6) is 5.75 Å². The van der Waals surface area contributed by atoms with Crippen molar-refractivity contribution in [3.63, 3.8) is 0 Å². The zero-order valence-electron chi connectivity index (χ0n) is 20.1. The number of aliphatic hydroxyl groups excluding tert-OH is 1. The third kappa shape index (κ3) is 7.03. The van der Waals surface area contributed by atoms with Crippen molar-refractivity contribution < 1.29 is 23.0 Å². The molecule has 3 atom stereocenters. The third-order valence-corrected chi connectivity index (χ3v) is 8.20. The molecule has 2 N–H and O–H groups in total. The maximum atomic E-state index is 12.7. The number of nitrogens with one attached hydrogen (secondary N) is 1. The molecule has 7 heteroatoms. The van der Waals surface area contributed by atoms with Gasteiger partial charge in [-0.25, -0.2) is 8.42 Å². The van der Waals surface area contributed by atoms with Crippen molar-refractivity contribution in [2.75, 3.05) is 32.3 Å². The Morgan fingerprint density at radius 2 is 1.88 bits per heavy atom. The minimum absolute atomic E-state index is 0.00534. The van der Waals surface area contributed by atoms with Gasteiger partial charge in [0.2, 0.25) is 0 Å². The third-order valence-electron chi connectivity index (χ3n) is 6.40. The molecule has 1 aliphatic rings. The highest BCUT2D eigenvalue weighted by Gasteiger charge is 2.39. The maximum Gasteiger partial charge on any atom is 0.152 e. The van der Waals surface area contributed by atoms with Crippen LogP contribution in [0.4, 0.5) is 0 Å². The van der Waals surface area contributed by atoms with Crippen LogP contribution in [0.15, 0.2) is 42.5 Å². The molecule has 3 rings (SSSR count). The molecule has 0 radical (unpaired) electrons. The standard InChI is InChI=1S/C26H37NO5S/c1-18(2)21-7-5-6-20(14-21)15-27-24-17-33(29,30)16-23(26(24)28)13-19-8-9-25(32-4)22(12-19)10-11-31-3/h5-9,12,14,18,23-24,26-28H,10-11,13,15-17H2,1-4H3/t23-,24+,26+/m1/s1. The minimum atomic E-state index is -3.26. The Morgan fingerprint density at radius 1 is 1.09 bits per heavy atom. The molecule has 1 heterocycles. The molecule has 1 aliphatic heterocycles. The van der Waals surface area contributed by atoms with Gasteiger partial charge in [0, 0.05) is 25.6 Å². The Morgan fingerprint density at radius 3 is 2.58 bits per heavy atom.